The Kier molecular flexibility index (Phi) is 3.71. The highest BCUT2D eigenvalue weighted by Gasteiger charge is 2.64. The van der Waals surface area contributed by atoms with Crippen LogP contribution < -0.4 is 0 Å². The molecule has 2 N–H and O–H groups in total. The maximum absolute atomic E-state index is 11.8. The predicted octanol–water partition coefficient (Wildman–Crippen LogP) is 2.85. The highest BCUT2D eigenvalue weighted by Crippen LogP contribution is 2.66. The van der Waals surface area contributed by atoms with E-state index < -0.39 is 11.7 Å². The number of hydrogen-bond acceptors (Lipinski definition) is 3. The van der Waals surface area contributed by atoms with E-state index in [1.807, 2.05) is 0 Å². The molecule has 4 rings (SSSR count). The van der Waals surface area contributed by atoms with Gasteiger partial charge in [-0.05, 0) is 80.3 Å². The third-order valence-electron chi connectivity index (χ3n) is 8.07. The van der Waals surface area contributed by atoms with Crippen molar-refractivity contribution in [3.8, 4) is 12.3 Å². The Balaban J connectivity index is 1.71. The first-order valence-electron chi connectivity index (χ1n) is 9.58. The number of aliphatic hydroxyl groups excluding tert-OH is 1. The molecule has 4 aliphatic rings. The molecule has 0 aliphatic heterocycles. The Morgan fingerprint density at radius 3 is 2.79 bits per heavy atom. The maximum atomic E-state index is 11.8. The topological polar surface area (TPSA) is 57.5 Å². The number of ketones is 1. The summed E-state index contributed by atoms with van der Waals surface area (Å²) in [6.45, 7) is 2.16. The zero-order chi connectivity index (χ0) is 17.1. The van der Waals surface area contributed by atoms with Gasteiger partial charge in [-0.1, -0.05) is 12.8 Å². The van der Waals surface area contributed by atoms with E-state index in [4.69, 9.17) is 6.42 Å². The van der Waals surface area contributed by atoms with Crippen molar-refractivity contribution in [1.29, 1.82) is 0 Å². The van der Waals surface area contributed by atoms with Crippen molar-refractivity contribution in [3.05, 3.63) is 11.6 Å². The van der Waals surface area contributed by atoms with Crippen molar-refractivity contribution in [2.45, 2.75) is 70.0 Å². The number of rotatable bonds is 1. The van der Waals surface area contributed by atoms with Crippen LogP contribution in [0.1, 0.15) is 58.3 Å². The fourth-order valence-electron chi connectivity index (χ4n) is 6.96. The number of aliphatic hydroxyl groups is 2. The average Bonchev–Trinajstić information content (AvgIpc) is 2.89. The number of carbonyl (C=O) groups excluding carboxylic acids is 1. The summed E-state index contributed by atoms with van der Waals surface area (Å²) < 4.78 is 0. The van der Waals surface area contributed by atoms with Crippen LogP contribution in [0.3, 0.4) is 0 Å². The molecular formula is C21H28O3. The molecule has 0 spiro atoms. The molecule has 7 atom stereocenters. The molecule has 0 amide bonds. The van der Waals surface area contributed by atoms with Crippen LogP contribution >= 0.6 is 0 Å². The lowest BCUT2D eigenvalue weighted by Gasteiger charge is -2.56. The van der Waals surface area contributed by atoms with E-state index in [0.29, 0.717) is 36.5 Å². The van der Waals surface area contributed by atoms with Gasteiger partial charge in [-0.25, -0.2) is 0 Å². The van der Waals surface area contributed by atoms with E-state index in [2.05, 4.69) is 12.8 Å². The summed E-state index contributed by atoms with van der Waals surface area (Å²) in [4.78, 5) is 11.8. The molecule has 24 heavy (non-hydrogen) atoms. The Bertz CT molecular complexity index is 629. The molecule has 0 aromatic rings. The fraction of sp³-hybridized carbons (Fsp3) is 0.762. The van der Waals surface area contributed by atoms with Gasteiger partial charge in [0.25, 0.3) is 0 Å². The van der Waals surface area contributed by atoms with Crippen molar-refractivity contribution in [2.24, 2.45) is 29.1 Å². The summed E-state index contributed by atoms with van der Waals surface area (Å²) in [5.74, 6) is 4.62. The molecule has 3 nitrogen and oxygen atoms in total. The largest absolute Gasteiger partial charge is 0.389 e. The molecule has 3 saturated carbocycles. The van der Waals surface area contributed by atoms with Crippen molar-refractivity contribution in [2.75, 3.05) is 0 Å². The third-order valence-corrected chi connectivity index (χ3v) is 8.07. The summed E-state index contributed by atoms with van der Waals surface area (Å²) in [5.41, 5.74) is -0.184. The smallest absolute Gasteiger partial charge is 0.155 e. The minimum absolute atomic E-state index is 0.167. The Morgan fingerprint density at radius 2 is 2.08 bits per heavy atom. The van der Waals surface area contributed by atoms with Crippen molar-refractivity contribution in [1.82, 2.24) is 0 Å². The second-order valence-electron chi connectivity index (χ2n) is 8.53. The van der Waals surface area contributed by atoms with Gasteiger partial charge in [0, 0.05) is 11.8 Å². The van der Waals surface area contributed by atoms with Crippen LogP contribution in [0.5, 0.6) is 0 Å². The highest BCUT2D eigenvalue weighted by molar-refractivity contribution is 5.91. The molecule has 0 heterocycles. The third kappa shape index (κ3) is 1.96. The highest BCUT2D eigenvalue weighted by atomic mass is 16.3. The quantitative estimate of drug-likeness (QED) is 0.728. The molecule has 130 valence electrons. The van der Waals surface area contributed by atoms with Crippen LogP contribution in [0.2, 0.25) is 0 Å². The second kappa shape index (κ2) is 5.44. The maximum Gasteiger partial charge on any atom is 0.155 e. The number of carbonyl (C=O) groups is 1. The summed E-state index contributed by atoms with van der Waals surface area (Å²) in [5, 5.41) is 21.8. The van der Waals surface area contributed by atoms with E-state index in [0.717, 1.165) is 44.1 Å². The van der Waals surface area contributed by atoms with Crippen molar-refractivity contribution >= 4 is 5.78 Å². The van der Waals surface area contributed by atoms with Gasteiger partial charge in [-0.15, -0.1) is 6.42 Å². The molecule has 4 aliphatic carbocycles. The molecule has 0 saturated heterocycles. The monoisotopic (exact) mass is 328 g/mol. The van der Waals surface area contributed by atoms with Gasteiger partial charge >= 0.3 is 0 Å². The average molecular weight is 328 g/mol. The summed E-state index contributed by atoms with van der Waals surface area (Å²) >= 11 is 0. The first-order chi connectivity index (χ1) is 11.5. The van der Waals surface area contributed by atoms with Gasteiger partial charge in [-0.3, -0.25) is 4.79 Å². The van der Waals surface area contributed by atoms with Crippen LogP contribution in [-0.4, -0.2) is 27.7 Å². The molecular weight excluding hydrogens is 300 g/mol. The zero-order valence-electron chi connectivity index (χ0n) is 14.5. The van der Waals surface area contributed by atoms with Crippen LogP contribution in [0.4, 0.5) is 0 Å². The minimum Gasteiger partial charge on any atom is -0.389 e. The molecule has 3 fully saturated rings. The number of hydrogen-bond donors (Lipinski definition) is 2. The zero-order valence-corrected chi connectivity index (χ0v) is 14.5. The van der Waals surface area contributed by atoms with Crippen LogP contribution in [0.15, 0.2) is 11.6 Å². The van der Waals surface area contributed by atoms with Gasteiger partial charge in [0.15, 0.2) is 5.78 Å². The van der Waals surface area contributed by atoms with Gasteiger partial charge in [0.05, 0.1) is 6.10 Å². The van der Waals surface area contributed by atoms with Crippen LogP contribution in [0.25, 0.3) is 0 Å². The predicted molar refractivity (Wildman–Crippen MR) is 91.9 cm³/mol. The lowest BCUT2D eigenvalue weighted by Crippen LogP contribution is -2.55. The van der Waals surface area contributed by atoms with Gasteiger partial charge in [0.1, 0.15) is 5.60 Å². The first kappa shape index (κ1) is 16.4. The minimum atomic E-state index is -0.985. The van der Waals surface area contributed by atoms with Gasteiger partial charge in [0.2, 0.25) is 0 Å². The van der Waals surface area contributed by atoms with E-state index in [-0.39, 0.29) is 11.2 Å². The van der Waals surface area contributed by atoms with E-state index in [1.165, 1.54) is 0 Å². The molecule has 3 heteroatoms. The molecule has 0 aromatic heterocycles. The fourth-order valence-corrected chi connectivity index (χ4v) is 6.96. The Labute approximate surface area is 144 Å². The van der Waals surface area contributed by atoms with Crippen molar-refractivity contribution in [3.63, 3.8) is 0 Å². The standard InChI is InChI=1S/C21H28O3/c1-3-20-9-7-15-14-6-5-13(22)11-17(14)19(23)12-16(15)18(20)8-10-21(20,24)4-2/h2,11,14-16,18-19,23-24H,3,5-10,12H2,1H3. The number of terminal acetylenes is 1. The van der Waals surface area contributed by atoms with Crippen LogP contribution in [-0.2, 0) is 4.79 Å². The van der Waals surface area contributed by atoms with Gasteiger partial charge < -0.3 is 10.2 Å². The summed E-state index contributed by atoms with van der Waals surface area (Å²) in [6.07, 6.45) is 13.8. The molecule has 0 aromatic carbocycles. The van der Waals surface area contributed by atoms with E-state index in [9.17, 15) is 15.0 Å². The number of fused-ring (bicyclic) bond motifs is 5. The molecule has 0 radical (unpaired) electrons. The Morgan fingerprint density at radius 1 is 1.29 bits per heavy atom. The Hall–Kier alpha value is -1.11. The summed E-state index contributed by atoms with van der Waals surface area (Å²) in [6, 6.07) is 0. The van der Waals surface area contributed by atoms with E-state index in [1.54, 1.807) is 6.08 Å². The lowest BCUT2D eigenvalue weighted by molar-refractivity contribution is -0.119. The molecule has 7 unspecified atom stereocenters. The second-order valence-corrected chi connectivity index (χ2v) is 8.53. The first-order valence-corrected chi connectivity index (χ1v) is 9.58. The summed E-state index contributed by atoms with van der Waals surface area (Å²) in [7, 11) is 0. The van der Waals surface area contributed by atoms with Crippen molar-refractivity contribution < 1.29 is 15.0 Å². The molecule has 0 bridgehead atoms. The normalized spacial score (nSPS) is 50.3. The van der Waals surface area contributed by atoms with Gasteiger partial charge in [-0.2, -0.15) is 0 Å². The van der Waals surface area contributed by atoms with E-state index >= 15 is 0 Å². The SMILES string of the molecule is C#CC1(O)CCC2C3CC(O)C4=CC(=O)CCC4C3CCC21CC. The van der Waals surface area contributed by atoms with Crippen LogP contribution in [0, 0.1) is 41.4 Å². The lowest BCUT2D eigenvalue weighted by atomic mass is 9.49.